The van der Waals surface area contributed by atoms with Gasteiger partial charge in [-0.25, -0.2) is 9.55 Å². The number of carbonyl (C=O) groups is 2. The zero-order valence-corrected chi connectivity index (χ0v) is 26.3. The van der Waals surface area contributed by atoms with Gasteiger partial charge >= 0.3 is 19.7 Å². The number of nitrogens with zero attached hydrogens (tertiary/aromatic N) is 5. The molecule has 0 bridgehead atoms. The summed E-state index contributed by atoms with van der Waals surface area (Å²) in [6.07, 6.45) is -3.04. The van der Waals surface area contributed by atoms with E-state index in [0.717, 1.165) is 0 Å². The highest BCUT2D eigenvalue weighted by Gasteiger charge is 2.56. The van der Waals surface area contributed by atoms with E-state index < -0.39 is 62.3 Å². The number of nitriles is 1. The van der Waals surface area contributed by atoms with Gasteiger partial charge in [0.2, 0.25) is 11.8 Å². The predicted molar refractivity (Wildman–Crippen MR) is 156 cm³/mol. The van der Waals surface area contributed by atoms with Gasteiger partial charge in [-0.05, 0) is 39.8 Å². The zero-order chi connectivity index (χ0) is 33.1. The van der Waals surface area contributed by atoms with Crippen molar-refractivity contribution in [3.63, 3.8) is 0 Å². The smallest absolute Gasteiger partial charge is 0.459 e. The quantitative estimate of drug-likeness (QED) is 0.145. The van der Waals surface area contributed by atoms with Crippen molar-refractivity contribution in [3.8, 4) is 23.4 Å². The van der Waals surface area contributed by atoms with E-state index in [0.29, 0.717) is 0 Å². The minimum atomic E-state index is -4.52. The van der Waals surface area contributed by atoms with E-state index in [9.17, 15) is 24.5 Å². The maximum Gasteiger partial charge on any atom is 0.459 e. The van der Waals surface area contributed by atoms with Gasteiger partial charge in [0.25, 0.3) is 0 Å². The van der Waals surface area contributed by atoms with Gasteiger partial charge in [-0.1, -0.05) is 12.1 Å². The van der Waals surface area contributed by atoms with E-state index >= 15 is 0 Å². The van der Waals surface area contributed by atoms with Crippen molar-refractivity contribution >= 4 is 36.8 Å². The fourth-order valence-corrected chi connectivity index (χ4v) is 6.03. The molecule has 1 aromatic carbocycles. The van der Waals surface area contributed by atoms with Crippen LogP contribution in [0.15, 0.2) is 30.6 Å². The molecule has 0 aliphatic carbocycles. The van der Waals surface area contributed by atoms with Gasteiger partial charge in [0, 0.05) is 6.92 Å². The van der Waals surface area contributed by atoms with E-state index in [4.69, 9.17) is 33.7 Å². The van der Waals surface area contributed by atoms with Crippen molar-refractivity contribution < 1.29 is 47.3 Å². The highest BCUT2D eigenvalue weighted by molar-refractivity contribution is 7.52. The third-order valence-electron chi connectivity index (χ3n) is 6.66. The first kappa shape index (κ1) is 33.6. The molecule has 0 spiro atoms. The molecule has 4 rings (SSSR count). The van der Waals surface area contributed by atoms with Gasteiger partial charge < -0.3 is 34.3 Å². The summed E-state index contributed by atoms with van der Waals surface area (Å²) >= 11 is 0. The largest absolute Gasteiger partial charge is 0.479 e. The number of benzene rings is 1. The molecule has 3 heterocycles. The number of aliphatic hydroxyl groups excluding tert-OH is 1. The molecule has 17 nitrogen and oxygen atoms in total. The number of rotatable bonds is 12. The topological polar surface area (TPSA) is 232 Å². The summed E-state index contributed by atoms with van der Waals surface area (Å²) in [6, 6.07) is 6.78. The standard InChI is InChI=1S/C27H34N7O10P/c1-14(2)41-24(37)15(3)33-45(38,44-18-10-8-7-9-17(18)42-16(4)35)40-11-19-21(36)27(5,12-28)25(43-19)34-13-30-20-22(34)31-26(29)32-23(20)39-6/h7-10,13-15,19,21,25,36H,11H2,1-6H3,(H,33,38)(H2,29,31,32)/t15-,19?,21+,25?,27?,45?/m0/s1. The molecule has 45 heavy (non-hydrogen) atoms. The van der Waals surface area contributed by atoms with Crippen LogP contribution in [0.3, 0.4) is 0 Å². The number of hydrogen-bond donors (Lipinski definition) is 3. The highest BCUT2D eigenvalue weighted by atomic mass is 31.2. The molecule has 2 aromatic heterocycles. The molecule has 0 amide bonds. The summed E-state index contributed by atoms with van der Waals surface area (Å²) in [7, 11) is -3.14. The van der Waals surface area contributed by atoms with E-state index in [1.807, 2.05) is 0 Å². The van der Waals surface area contributed by atoms with Gasteiger partial charge in [-0.3, -0.25) is 18.7 Å². The molecule has 0 radical (unpaired) electrons. The Kier molecular flexibility index (Phi) is 9.95. The Morgan fingerprint density at radius 1 is 1.27 bits per heavy atom. The number of fused-ring (bicyclic) bond motifs is 1. The third-order valence-corrected chi connectivity index (χ3v) is 8.29. The van der Waals surface area contributed by atoms with Crippen LogP contribution in [-0.2, 0) is 28.2 Å². The number of aromatic nitrogens is 4. The average Bonchev–Trinajstić information content (AvgIpc) is 3.50. The molecule has 1 saturated heterocycles. The number of nitrogens with one attached hydrogen (secondary N) is 1. The minimum absolute atomic E-state index is 0.0639. The van der Waals surface area contributed by atoms with E-state index in [-0.39, 0.29) is 34.5 Å². The van der Waals surface area contributed by atoms with Crippen LogP contribution in [-0.4, -0.2) is 74.6 Å². The number of hydrogen-bond acceptors (Lipinski definition) is 15. The second kappa shape index (κ2) is 13.3. The van der Waals surface area contributed by atoms with Gasteiger partial charge in [0.1, 0.15) is 23.7 Å². The lowest BCUT2D eigenvalue weighted by molar-refractivity contribution is -0.149. The first-order valence-corrected chi connectivity index (χ1v) is 15.2. The van der Waals surface area contributed by atoms with Crippen molar-refractivity contribution in [1.82, 2.24) is 24.6 Å². The lowest BCUT2D eigenvalue weighted by Crippen LogP contribution is -2.39. The number of nitrogens with two attached hydrogens (primary N) is 1. The van der Waals surface area contributed by atoms with Crippen molar-refractivity contribution in [2.45, 2.75) is 65.2 Å². The number of para-hydroxylation sites is 2. The molecule has 3 aromatic rings. The van der Waals surface area contributed by atoms with Crippen molar-refractivity contribution in [3.05, 3.63) is 30.6 Å². The monoisotopic (exact) mass is 647 g/mol. The average molecular weight is 648 g/mol. The lowest BCUT2D eigenvalue weighted by atomic mass is 9.84. The van der Waals surface area contributed by atoms with E-state index in [1.54, 1.807) is 19.9 Å². The number of esters is 2. The fraction of sp³-hybridized carbons (Fsp3) is 0.481. The molecule has 242 valence electrons. The second-order valence-corrected chi connectivity index (χ2v) is 12.2. The molecular weight excluding hydrogens is 613 g/mol. The Hall–Kier alpha value is -4.33. The first-order valence-electron chi connectivity index (χ1n) is 13.7. The normalized spacial score (nSPS) is 23.2. The van der Waals surface area contributed by atoms with Crippen LogP contribution in [0.5, 0.6) is 17.4 Å². The lowest BCUT2D eigenvalue weighted by Gasteiger charge is -2.26. The minimum Gasteiger partial charge on any atom is -0.479 e. The van der Waals surface area contributed by atoms with Crippen molar-refractivity contribution in [2.75, 3.05) is 19.5 Å². The molecule has 4 N–H and O–H groups in total. The van der Waals surface area contributed by atoms with Crippen LogP contribution in [0.25, 0.3) is 11.2 Å². The number of ether oxygens (including phenoxy) is 4. The first-order chi connectivity index (χ1) is 21.2. The van der Waals surface area contributed by atoms with E-state index in [2.05, 4.69) is 26.1 Å². The molecule has 1 fully saturated rings. The molecule has 1 aliphatic heterocycles. The number of methoxy groups -OCH3 is 1. The third kappa shape index (κ3) is 7.16. The highest BCUT2D eigenvalue weighted by Crippen LogP contribution is 2.51. The predicted octanol–water partition coefficient (Wildman–Crippen LogP) is 2.26. The van der Waals surface area contributed by atoms with Crippen LogP contribution in [0.2, 0.25) is 0 Å². The number of nitrogen functional groups attached to an aromatic ring is 1. The number of aliphatic hydroxyl groups is 1. The van der Waals surface area contributed by atoms with Crippen LogP contribution in [0, 0.1) is 16.7 Å². The molecule has 6 atom stereocenters. The van der Waals surface area contributed by atoms with E-state index in [1.165, 1.54) is 57.0 Å². The van der Waals surface area contributed by atoms with Gasteiger partial charge in [0.15, 0.2) is 28.9 Å². The molecule has 1 aliphatic rings. The van der Waals surface area contributed by atoms with Crippen LogP contribution in [0.4, 0.5) is 5.95 Å². The van der Waals surface area contributed by atoms with Gasteiger partial charge in [-0.15, -0.1) is 0 Å². The Balaban J connectivity index is 1.64. The van der Waals surface area contributed by atoms with Crippen LogP contribution >= 0.6 is 7.75 Å². The second-order valence-electron chi connectivity index (χ2n) is 10.5. The summed E-state index contributed by atoms with van der Waals surface area (Å²) < 4.78 is 48.6. The van der Waals surface area contributed by atoms with Crippen molar-refractivity contribution in [1.29, 1.82) is 5.26 Å². The Morgan fingerprint density at radius 2 is 1.96 bits per heavy atom. The van der Waals surface area contributed by atoms with Gasteiger partial charge in [0.05, 0.1) is 32.2 Å². The number of anilines is 1. The van der Waals surface area contributed by atoms with Crippen LogP contribution in [0.1, 0.15) is 40.8 Å². The fourth-order valence-electron chi connectivity index (χ4n) is 4.52. The summed E-state index contributed by atoms with van der Waals surface area (Å²) in [5.74, 6) is -1.64. The maximum absolute atomic E-state index is 14.1. The number of imidazole rings is 1. The molecule has 4 unspecified atom stereocenters. The summed E-state index contributed by atoms with van der Waals surface area (Å²) in [5.41, 5.74) is 4.65. The Bertz CT molecular complexity index is 1660. The maximum atomic E-state index is 14.1. The zero-order valence-electron chi connectivity index (χ0n) is 25.4. The molecule has 18 heteroatoms. The Morgan fingerprint density at radius 3 is 2.58 bits per heavy atom. The van der Waals surface area contributed by atoms with Gasteiger partial charge in [-0.2, -0.15) is 20.3 Å². The molecular formula is C27H34N7O10P. The molecule has 0 saturated carbocycles. The Labute approximate surface area is 258 Å². The van der Waals surface area contributed by atoms with Crippen LogP contribution < -0.4 is 24.8 Å². The summed E-state index contributed by atoms with van der Waals surface area (Å²) in [4.78, 5) is 36.6. The number of carbonyl (C=O) groups excluding carboxylic acids is 2. The summed E-state index contributed by atoms with van der Waals surface area (Å²) in [5, 5.41) is 24.0. The summed E-state index contributed by atoms with van der Waals surface area (Å²) in [6.45, 7) is 6.73. The van der Waals surface area contributed by atoms with Crippen molar-refractivity contribution in [2.24, 2.45) is 5.41 Å². The SMILES string of the molecule is COc1nc(N)nc2c1ncn2C1OC(COP(=O)(N[C@@H](C)C(=O)OC(C)C)Oc2ccccc2OC(C)=O)[C@@H](O)C1(C)C#N.